The Morgan fingerprint density at radius 2 is 1.94 bits per heavy atom. The van der Waals surface area contributed by atoms with E-state index in [9.17, 15) is 5.11 Å². The van der Waals surface area contributed by atoms with Crippen molar-refractivity contribution in [3.05, 3.63) is 0 Å². The highest BCUT2D eigenvalue weighted by Gasteiger charge is 2.33. The lowest BCUT2D eigenvalue weighted by atomic mass is 9.85. The van der Waals surface area contributed by atoms with Gasteiger partial charge in [0.25, 0.3) is 0 Å². The molecule has 0 spiro atoms. The van der Waals surface area contributed by atoms with E-state index in [1.54, 1.807) is 0 Å². The van der Waals surface area contributed by atoms with Gasteiger partial charge in [0, 0.05) is 31.7 Å². The van der Waals surface area contributed by atoms with Crippen LogP contribution in [0.25, 0.3) is 0 Å². The van der Waals surface area contributed by atoms with Gasteiger partial charge in [0.15, 0.2) is 0 Å². The smallest absolute Gasteiger partial charge is 0.0869 e. The Morgan fingerprint density at radius 3 is 2.50 bits per heavy atom. The summed E-state index contributed by atoms with van der Waals surface area (Å²) in [6.45, 7) is 15.7. The largest absolute Gasteiger partial charge is 0.388 e. The molecule has 1 rings (SSSR count). The summed E-state index contributed by atoms with van der Waals surface area (Å²) in [5.41, 5.74) is -0.644. The summed E-state index contributed by atoms with van der Waals surface area (Å²) in [5.74, 6) is 1.47. The average molecular weight is 256 g/mol. The van der Waals surface area contributed by atoms with Crippen LogP contribution in [0.5, 0.6) is 0 Å². The van der Waals surface area contributed by atoms with Crippen molar-refractivity contribution in [1.29, 1.82) is 0 Å². The predicted molar refractivity (Wildman–Crippen MR) is 77.7 cm³/mol. The maximum Gasteiger partial charge on any atom is 0.0869 e. The van der Waals surface area contributed by atoms with E-state index in [0.29, 0.717) is 18.6 Å². The highest BCUT2D eigenvalue weighted by atomic mass is 16.3. The number of nitrogens with zero attached hydrogens (tertiary/aromatic N) is 1. The summed E-state index contributed by atoms with van der Waals surface area (Å²) < 4.78 is 0. The number of likely N-dealkylation sites (tertiary alicyclic amines) is 1. The van der Waals surface area contributed by atoms with Crippen LogP contribution in [0.15, 0.2) is 0 Å². The molecule has 1 aliphatic rings. The van der Waals surface area contributed by atoms with Gasteiger partial charge in [-0.3, -0.25) is 4.90 Å². The first-order valence-electron chi connectivity index (χ1n) is 7.41. The van der Waals surface area contributed by atoms with Crippen LogP contribution in [0.2, 0.25) is 0 Å². The Kier molecular flexibility index (Phi) is 5.63. The van der Waals surface area contributed by atoms with Gasteiger partial charge in [0.1, 0.15) is 0 Å². The normalized spacial score (nSPS) is 33.7. The van der Waals surface area contributed by atoms with Gasteiger partial charge in [-0.2, -0.15) is 0 Å². The summed E-state index contributed by atoms with van der Waals surface area (Å²) in [5, 5.41) is 13.8. The fourth-order valence-corrected chi connectivity index (χ4v) is 2.96. The van der Waals surface area contributed by atoms with Gasteiger partial charge in [-0.1, -0.05) is 27.7 Å². The molecule has 3 heteroatoms. The third-order valence-corrected chi connectivity index (χ3v) is 4.15. The minimum Gasteiger partial charge on any atom is -0.388 e. The molecule has 4 atom stereocenters. The Morgan fingerprint density at radius 1 is 1.33 bits per heavy atom. The topological polar surface area (TPSA) is 35.5 Å². The molecule has 1 aliphatic heterocycles. The van der Waals surface area contributed by atoms with E-state index < -0.39 is 5.60 Å². The maximum absolute atomic E-state index is 10.5. The van der Waals surface area contributed by atoms with Gasteiger partial charge < -0.3 is 10.4 Å². The molecule has 2 N–H and O–H groups in total. The van der Waals surface area contributed by atoms with Crippen LogP contribution in [0.4, 0.5) is 0 Å². The number of piperidine rings is 1. The molecular weight excluding hydrogens is 224 g/mol. The molecule has 0 radical (unpaired) electrons. The fourth-order valence-electron chi connectivity index (χ4n) is 2.96. The molecule has 108 valence electrons. The molecule has 0 saturated carbocycles. The number of rotatable bonds is 5. The molecule has 4 unspecified atom stereocenters. The third-order valence-electron chi connectivity index (χ3n) is 4.15. The lowest BCUT2D eigenvalue weighted by Gasteiger charge is -2.44. The van der Waals surface area contributed by atoms with Gasteiger partial charge in [0.05, 0.1) is 5.60 Å². The second-order valence-corrected chi connectivity index (χ2v) is 7.02. The Labute approximate surface area is 113 Å². The van der Waals surface area contributed by atoms with Crippen LogP contribution < -0.4 is 5.32 Å². The first-order valence-corrected chi connectivity index (χ1v) is 7.41. The van der Waals surface area contributed by atoms with Crippen molar-refractivity contribution >= 4 is 0 Å². The number of aliphatic hydroxyl groups is 1. The molecule has 0 aromatic carbocycles. The summed E-state index contributed by atoms with van der Waals surface area (Å²) in [4.78, 5) is 2.46. The van der Waals surface area contributed by atoms with Crippen LogP contribution in [-0.4, -0.2) is 47.3 Å². The number of nitrogens with one attached hydrogen (secondary N) is 1. The van der Waals surface area contributed by atoms with Crippen LogP contribution in [0.1, 0.15) is 48.0 Å². The summed E-state index contributed by atoms with van der Waals surface area (Å²) >= 11 is 0. The molecule has 0 amide bonds. The lowest BCUT2D eigenvalue weighted by Crippen LogP contribution is -2.55. The fraction of sp³-hybridized carbons (Fsp3) is 1.00. The number of hydrogen-bond acceptors (Lipinski definition) is 3. The zero-order valence-corrected chi connectivity index (χ0v) is 13.0. The van der Waals surface area contributed by atoms with Crippen LogP contribution in [0.3, 0.4) is 0 Å². The first-order chi connectivity index (χ1) is 8.21. The predicted octanol–water partition coefficient (Wildman–Crippen LogP) is 2.10. The van der Waals surface area contributed by atoms with E-state index in [1.807, 2.05) is 6.92 Å². The van der Waals surface area contributed by atoms with Crippen molar-refractivity contribution in [3.63, 3.8) is 0 Å². The van der Waals surface area contributed by atoms with Crippen LogP contribution in [-0.2, 0) is 0 Å². The monoisotopic (exact) mass is 256 g/mol. The van der Waals surface area contributed by atoms with E-state index in [-0.39, 0.29) is 0 Å². The highest BCUT2D eigenvalue weighted by molar-refractivity contribution is 4.88. The second kappa shape index (κ2) is 6.36. The van der Waals surface area contributed by atoms with E-state index >= 15 is 0 Å². The zero-order valence-electron chi connectivity index (χ0n) is 13.0. The molecule has 0 aromatic heterocycles. The summed E-state index contributed by atoms with van der Waals surface area (Å²) in [7, 11) is 0. The Balaban J connectivity index is 2.53. The molecule has 1 heterocycles. The van der Waals surface area contributed by atoms with E-state index in [0.717, 1.165) is 24.9 Å². The standard InChI is InChI=1S/C15H32N2O/c1-11(2)16-9-15(6,18)10-17-8-12(3)7-13(4)14(17)5/h11-14,16,18H,7-10H2,1-6H3. The van der Waals surface area contributed by atoms with Gasteiger partial charge >= 0.3 is 0 Å². The van der Waals surface area contributed by atoms with Crippen molar-refractivity contribution in [1.82, 2.24) is 10.2 Å². The molecule has 3 nitrogen and oxygen atoms in total. The first kappa shape index (κ1) is 15.9. The van der Waals surface area contributed by atoms with Crippen LogP contribution >= 0.6 is 0 Å². The minimum absolute atomic E-state index is 0.424. The van der Waals surface area contributed by atoms with Gasteiger partial charge in [-0.15, -0.1) is 0 Å². The van der Waals surface area contributed by atoms with Crippen molar-refractivity contribution in [2.45, 2.75) is 65.6 Å². The molecule has 0 aromatic rings. The minimum atomic E-state index is -0.644. The van der Waals surface area contributed by atoms with Crippen molar-refractivity contribution in [3.8, 4) is 0 Å². The highest BCUT2D eigenvalue weighted by Crippen LogP contribution is 2.27. The quantitative estimate of drug-likeness (QED) is 0.791. The van der Waals surface area contributed by atoms with E-state index in [4.69, 9.17) is 0 Å². The lowest BCUT2D eigenvalue weighted by molar-refractivity contribution is -0.0212. The molecule has 1 fully saturated rings. The van der Waals surface area contributed by atoms with Gasteiger partial charge in [-0.05, 0) is 32.1 Å². The molecular formula is C15H32N2O. The zero-order chi connectivity index (χ0) is 13.9. The average Bonchev–Trinajstić information content (AvgIpc) is 2.22. The van der Waals surface area contributed by atoms with Crippen molar-refractivity contribution < 1.29 is 5.11 Å². The maximum atomic E-state index is 10.5. The summed E-state index contributed by atoms with van der Waals surface area (Å²) in [6, 6.07) is 1.000. The van der Waals surface area contributed by atoms with E-state index in [1.165, 1.54) is 6.42 Å². The number of hydrogen-bond donors (Lipinski definition) is 2. The van der Waals surface area contributed by atoms with Crippen molar-refractivity contribution in [2.75, 3.05) is 19.6 Å². The number of β-amino-alcohol motifs (C(OH)–C–C–N with tert-alkyl or cyclic N) is 1. The molecule has 18 heavy (non-hydrogen) atoms. The SMILES string of the molecule is CC1CC(C)C(C)N(CC(C)(O)CNC(C)C)C1. The van der Waals surface area contributed by atoms with E-state index in [2.05, 4.69) is 44.8 Å². The molecule has 0 aliphatic carbocycles. The molecule has 1 saturated heterocycles. The van der Waals surface area contributed by atoms with Gasteiger partial charge in [0.2, 0.25) is 0 Å². The van der Waals surface area contributed by atoms with Crippen molar-refractivity contribution in [2.24, 2.45) is 11.8 Å². The van der Waals surface area contributed by atoms with Crippen LogP contribution in [0, 0.1) is 11.8 Å². The molecule has 0 bridgehead atoms. The summed E-state index contributed by atoms with van der Waals surface area (Å²) in [6.07, 6.45) is 1.31. The Hall–Kier alpha value is -0.120. The second-order valence-electron chi connectivity index (χ2n) is 7.02. The Bertz CT molecular complexity index is 253. The van der Waals surface area contributed by atoms with Gasteiger partial charge in [-0.25, -0.2) is 0 Å². The third kappa shape index (κ3) is 4.87.